The molecule has 0 amide bonds. The van der Waals surface area contributed by atoms with Crippen molar-refractivity contribution in [3.05, 3.63) is 22.7 Å². The van der Waals surface area contributed by atoms with Crippen molar-refractivity contribution >= 4 is 11.6 Å². The second-order valence-corrected chi connectivity index (χ2v) is 6.64. The van der Waals surface area contributed by atoms with Crippen LogP contribution in [0.3, 0.4) is 0 Å². The van der Waals surface area contributed by atoms with Gasteiger partial charge in [0.15, 0.2) is 11.5 Å². The topological polar surface area (TPSA) is 54.0 Å². The molecule has 2 aliphatic heterocycles. The number of nitrogens with zero attached hydrogens (tertiary/aromatic N) is 1. The number of phenolic OH excluding ortho intramolecular Hbond substituents is 1. The summed E-state index contributed by atoms with van der Waals surface area (Å²) in [5.74, 6) is 0.996. The number of piperazine rings is 1. The second kappa shape index (κ2) is 7.71. The molecule has 2 N–H and O–H groups in total. The van der Waals surface area contributed by atoms with E-state index in [9.17, 15) is 5.11 Å². The summed E-state index contributed by atoms with van der Waals surface area (Å²) in [5.41, 5.74) is 1.12. The van der Waals surface area contributed by atoms with E-state index in [2.05, 4.69) is 10.2 Å². The van der Waals surface area contributed by atoms with Crippen LogP contribution in [0.4, 0.5) is 0 Å². The summed E-state index contributed by atoms with van der Waals surface area (Å²) in [4.78, 5) is 2.52. The SMILES string of the molecule is COc1cc([C@H](C2CCOCC2)N2CCNCC2)cc(Cl)c1O. The Morgan fingerprint density at radius 2 is 2.00 bits per heavy atom. The van der Waals surface area contributed by atoms with Gasteiger partial charge >= 0.3 is 0 Å². The number of phenols is 1. The van der Waals surface area contributed by atoms with Gasteiger partial charge in [0.25, 0.3) is 0 Å². The van der Waals surface area contributed by atoms with Gasteiger partial charge in [0.2, 0.25) is 0 Å². The Hall–Kier alpha value is -1.01. The van der Waals surface area contributed by atoms with Crippen molar-refractivity contribution in [2.45, 2.75) is 18.9 Å². The highest BCUT2D eigenvalue weighted by atomic mass is 35.5. The van der Waals surface area contributed by atoms with E-state index in [1.165, 1.54) is 0 Å². The fourth-order valence-corrected chi connectivity index (χ4v) is 3.91. The molecule has 0 aliphatic carbocycles. The zero-order valence-electron chi connectivity index (χ0n) is 13.6. The molecule has 0 radical (unpaired) electrons. The summed E-state index contributed by atoms with van der Waals surface area (Å²) in [6, 6.07) is 4.11. The molecule has 0 bridgehead atoms. The largest absolute Gasteiger partial charge is 0.503 e. The van der Waals surface area contributed by atoms with E-state index >= 15 is 0 Å². The smallest absolute Gasteiger partial charge is 0.176 e. The number of benzene rings is 1. The molecule has 1 aromatic rings. The van der Waals surface area contributed by atoms with Crippen LogP contribution in [0.1, 0.15) is 24.4 Å². The van der Waals surface area contributed by atoms with Gasteiger partial charge in [-0.3, -0.25) is 4.90 Å². The molecule has 0 unspecified atom stereocenters. The van der Waals surface area contributed by atoms with E-state index in [0.717, 1.165) is 57.8 Å². The highest BCUT2D eigenvalue weighted by Gasteiger charge is 2.32. The number of halogens is 1. The van der Waals surface area contributed by atoms with Crippen LogP contribution in [0.25, 0.3) is 0 Å². The molecule has 2 fully saturated rings. The Balaban J connectivity index is 1.94. The number of nitrogens with one attached hydrogen (secondary N) is 1. The fraction of sp³-hybridized carbons (Fsp3) is 0.647. The van der Waals surface area contributed by atoms with Gasteiger partial charge in [-0.2, -0.15) is 0 Å². The zero-order chi connectivity index (χ0) is 16.2. The van der Waals surface area contributed by atoms with E-state index in [1.807, 2.05) is 12.1 Å². The maximum absolute atomic E-state index is 10.0. The highest BCUT2D eigenvalue weighted by molar-refractivity contribution is 6.32. The molecular weight excluding hydrogens is 316 g/mol. The number of hydrogen-bond acceptors (Lipinski definition) is 5. The molecule has 0 saturated carbocycles. The molecule has 23 heavy (non-hydrogen) atoms. The molecule has 2 heterocycles. The average molecular weight is 341 g/mol. The molecule has 128 valence electrons. The van der Waals surface area contributed by atoms with Gasteiger partial charge in [-0.25, -0.2) is 0 Å². The zero-order valence-corrected chi connectivity index (χ0v) is 14.3. The molecular formula is C17H25ClN2O3. The minimum absolute atomic E-state index is 0.0176. The van der Waals surface area contributed by atoms with Crippen LogP contribution in [0, 0.1) is 5.92 Å². The van der Waals surface area contributed by atoms with Crippen LogP contribution in [0.2, 0.25) is 5.02 Å². The van der Waals surface area contributed by atoms with Gasteiger partial charge in [0, 0.05) is 45.4 Å². The summed E-state index contributed by atoms with van der Waals surface area (Å²) in [6.07, 6.45) is 2.10. The molecule has 2 aliphatic rings. The standard InChI is InChI=1S/C17H25ClN2O3/c1-22-15-11-13(10-14(18)17(15)21)16(12-2-8-23-9-3-12)20-6-4-19-5-7-20/h10-12,16,19,21H,2-9H2,1H3/t16-/m0/s1. The number of ether oxygens (including phenoxy) is 2. The summed E-state index contributed by atoms with van der Waals surface area (Å²) in [6.45, 7) is 5.67. The van der Waals surface area contributed by atoms with Crippen molar-refractivity contribution in [1.29, 1.82) is 0 Å². The second-order valence-electron chi connectivity index (χ2n) is 6.23. The molecule has 3 rings (SSSR count). The van der Waals surface area contributed by atoms with Crippen molar-refractivity contribution in [3.8, 4) is 11.5 Å². The lowest BCUT2D eigenvalue weighted by Gasteiger charge is -2.41. The molecule has 0 aromatic heterocycles. The molecule has 1 aromatic carbocycles. The first-order chi connectivity index (χ1) is 11.2. The van der Waals surface area contributed by atoms with Crippen molar-refractivity contribution in [2.75, 3.05) is 46.5 Å². The lowest BCUT2D eigenvalue weighted by atomic mass is 9.85. The highest BCUT2D eigenvalue weighted by Crippen LogP contribution is 2.42. The number of rotatable bonds is 4. The number of hydrogen-bond donors (Lipinski definition) is 2. The van der Waals surface area contributed by atoms with Crippen LogP contribution in [0.5, 0.6) is 11.5 Å². The van der Waals surface area contributed by atoms with Gasteiger partial charge < -0.3 is 19.9 Å². The van der Waals surface area contributed by atoms with Gasteiger partial charge in [0.1, 0.15) is 0 Å². The third kappa shape index (κ3) is 3.74. The minimum atomic E-state index is 0.0176. The van der Waals surface area contributed by atoms with E-state index in [4.69, 9.17) is 21.1 Å². The van der Waals surface area contributed by atoms with E-state index in [-0.39, 0.29) is 11.8 Å². The number of aromatic hydroxyl groups is 1. The molecule has 0 spiro atoms. The Morgan fingerprint density at radius 1 is 1.30 bits per heavy atom. The van der Waals surface area contributed by atoms with E-state index in [1.54, 1.807) is 7.11 Å². The Labute approximate surface area is 142 Å². The predicted molar refractivity (Wildman–Crippen MR) is 90.4 cm³/mol. The third-order valence-electron chi connectivity index (χ3n) is 4.87. The minimum Gasteiger partial charge on any atom is -0.503 e. The Morgan fingerprint density at radius 3 is 2.65 bits per heavy atom. The van der Waals surface area contributed by atoms with Crippen LogP contribution < -0.4 is 10.1 Å². The first-order valence-corrected chi connectivity index (χ1v) is 8.67. The Bertz CT molecular complexity index is 511. The van der Waals surface area contributed by atoms with Crippen molar-refractivity contribution in [1.82, 2.24) is 10.2 Å². The molecule has 6 heteroatoms. The van der Waals surface area contributed by atoms with Crippen molar-refractivity contribution < 1.29 is 14.6 Å². The summed E-state index contributed by atoms with van der Waals surface area (Å²) < 4.78 is 10.8. The monoisotopic (exact) mass is 340 g/mol. The number of methoxy groups -OCH3 is 1. The van der Waals surface area contributed by atoms with Crippen LogP contribution >= 0.6 is 11.6 Å². The third-order valence-corrected chi connectivity index (χ3v) is 5.16. The fourth-order valence-electron chi connectivity index (χ4n) is 3.69. The quantitative estimate of drug-likeness (QED) is 0.881. The lowest BCUT2D eigenvalue weighted by Crippen LogP contribution is -2.47. The average Bonchev–Trinajstić information content (AvgIpc) is 2.60. The maximum atomic E-state index is 10.0. The van der Waals surface area contributed by atoms with Gasteiger partial charge in [-0.1, -0.05) is 11.6 Å². The van der Waals surface area contributed by atoms with Crippen LogP contribution in [-0.2, 0) is 4.74 Å². The maximum Gasteiger partial charge on any atom is 0.176 e. The summed E-state index contributed by atoms with van der Waals surface area (Å²) >= 11 is 6.23. The van der Waals surface area contributed by atoms with Crippen molar-refractivity contribution in [3.63, 3.8) is 0 Å². The normalized spacial score (nSPS) is 22.0. The van der Waals surface area contributed by atoms with Crippen molar-refractivity contribution in [2.24, 2.45) is 5.92 Å². The first kappa shape index (κ1) is 16.8. The first-order valence-electron chi connectivity index (χ1n) is 8.29. The summed E-state index contributed by atoms with van der Waals surface area (Å²) in [7, 11) is 1.56. The lowest BCUT2D eigenvalue weighted by molar-refractivity contribution is 0.0212. The summed E-state index contributed by atoms with van der Waals surface area (Å²) in [5, 5.41) is 13.8. The van der Waals surface area contributed by atoms with Gasteiger partial charge in [0.05, 0.1) is 12.1 Å². The van der Waals surface area contributed by atoms with Crippen LogP contribution in [0.15, 0.2) is 12.1 Å². The van der Waals surface area contributed by atoms with Gasteiger partial charge in [-0.05, 0) is 36.5 Å². The molecule has 1 atom stereocenters. The molecule has 2 saturated heterocycles. The van der Waals surface area contributed by atoms with E-state index < -0.39 is 0 Å². The molecule has 5 nitrogen and oxygen atoms in total. The predicted octanol–water partition coefficient (Wildman–Crippen LogP) is 2.43. The van der Waals surface area contributed by atoms with Crippen LogP contribution in [-0.4, -0.2) is 56.5 Å². The Kier molecular flexibility index (Phi) is 5.64. The van der Waals surface area contributed by atoms with Gasteiger partial charge in [-0.15, -0.1) is 0 Å². The van der Waals surface area contributed by atoms with E-state index in [0.29, 0.717) is 16.7 Å².